The fourth-order valence-electron chi connectivity index (χ4n) is 1.16. The van der Waals surface area contributed by atoms with Crippen LogP contribution in [-0.2, 0) is 9.53 Å². The summed E-state index contributed by atoms with van der Waals surface area (Å²) in [5.74, 6) is 0.0507. The summed E-state index contributed by atoms with van der Waals surface area (Å²) in [7, 11) is 0. The molecule has 3 nitrogen and oxygen atoms in total. The lowest BCUT2D eigenvalue weighted by Crippen LogP contribution is -2.03. The van der Waals surface area contributed by atoms with Crippen molar-refractivity contribution in [1.29, 1.82) is 0 Å². The Labute approximate surface area is 85.7 Å². The second kappa shape index (κ2) is 3.38. The average Bonchev–Trinajstić information content (AvgIpc) is 2.71. The molecule has 1 aliphatic rings. The van der Waals surface area contributed by atoms with Crippen molar-refractivity contribution in [2.75, 3.05) is 0 Å². The fraction of sp³-hybridized carbons (Fsp3) is 0.200. The van der Waals surface area contributed by atoms with Crippen LogP contribution in [0.3, 0.4) is 0 Å². The van der Waals surface area contributed by atoms with Gasteiger partial charge in [-0.05, 0) is 26.0 Å². The highest BCUT2D eigenvalue weighted by Gasteiger charge is 2.23. The molecule has 0 aliphatic carbocycles. The maximum atomic E-state index is 11.2. The molecule has 0 saturated carbocycles. The number of hydrogen-bond acceptors (Lipinski definition) is 4. The zero-order chi connectivity index (χ0) is 10.1. The summed E-state index contributed by atoms with van der Waals surface area (Å²) in [5.41, 5.74) is 0.381. The van der Waals surface area contributed by atoms with Crippen LogP contribution >= 0.6 is 11.3 Å². The number of hydrogen-bond donors (Lipinski definition) is 0. The Kier molecular flexibility index (Phi) is 2.21. The number of esters is 1. The van der Waals surface area contributed by atoms with Crippen LogP contribution in [0.25, 0.3) is 0 Å². The topological polar surface area (TPSA) is 38.7 Å². The number of ether oxygens (including phenoxy) is 1. The lowest BCUT2D eigenvalue weighted by Gasteiger charge is -1.92. The van der Waals surface area contributed by atoms with E-state index in [1.54, 1.807) is 24.3 Å². The first-order chi connectivity index (χ1) is 6.70. The van der Waals surface area contributed by atoms with Gasteiger partial charge in [0.1, 0.15) is 5.70 Å². The van der Waals surface area contributed by atoms with Gasteiger partial charge in [-0.25, -0.2) is 9.79 Å². The van der Waals surface area contributed by atoms with Crippen LogP contribution in [-0.4, -0.2) is 11.9 Å². The van der Waals surface area contributed by atoms with Crippen LogP contribution in [0.15, 0.2) is 28.9 Å². The highest BCUT2D eigenvalue weighted by molar-refractivity contribution is 7.14. The molecule has 14 heavy (non-hydrogen) atoms. The van der Waals surface area contributed by atoms with E-state index in [0.717, 1.165) is 4.88 Å². The minimum absolute atomic E-state index is 0.367. The second-order valence-electron chi connectivity index (χ2n) is 2.89. The summed E-state index contributed by atoms with van der Waals surface area (Å²) in [4.78, 5) is 17.4. The lowest BCUT2D eigenvalue weighted by molar-refractivity contribution is -0.130. The number of nitrogens with zero attached hydrogens (tertiary/aromatic N) is 1. The van der Waals surface area contributed by atoms with Gasteiger partial charge in [0, 0.05) is 4.88 Å². The van der Waals surface area contributed by atoms with Crippen molar-refractivity contribution in [3.05, 3.63) is 33.7 Å². The number of rotatable bonds is 1. The summed E-state index contributed by atoms with van der Waals surface area (Å²) >= 11 is 1.56. The van der Waals surface area contributed by atoms with E-state index in [9.17, 15) is 4.79 Å². The number of carbonyl (C=O) groups is 1. The van der Waals surface area contributed by atoms with E-state index in [1.165, 1.54) is 4.88 Å². The summed E-state index contributed by atoms with van der Waals surface area (Å²) in [5, 5.41) is 0. The van der Waals surface area contributed by atoms with E-state index in [-0.39, 0.29) is 5.97 Å². The molecule has 0 spiro atoms. The van der Waals surface area contributed by atoms with Crippen molar-refractivity contribution in [2.45, 2.75) is 13.8 Å². The van der Waals surface area contributed by atoms with Crippen molar-refractivity contribution in [1.82, 2.24) is 0 Å². The van der Waals surface area contributed by atoms with E-state index in [2.05, 4.69) is 4.99 Å². The Hall–Kier alpha value is -1.42. The second-order valence-corrected chi connectivity index (χ2v) is 4.18. The third-order valence-electron chi connectivity index (χ3n) is 1.85. The predicted molar refractivity (Wildman–Crippen MR) is 55.4 cm³/mol. The number of aliphatic imine (C=N–C) groups is 1. The smallest absolute Gasteiger partial charge is 0.363 e. The van der Waals surface area contributed by atoms with Gasteiger partial charge in [-0.3, -0.25) is 0 Å². The van der Waals surface area contributed by atoms with Gasteiger partial charge in [0.25, 0.3) is 0 Å². The van der Waals surface area contributed by atoms with Crippen LogP contribution in [0.4, 0.5) is 0 Å². The lowest BCUT2D eigenvalue weighted by atomic mass is 10.4. The Morgan fingerprint density at radius 3 is 2.79 bits per heavy atom. The largest absolute Gasteiger partial charge is 0.401 e. The molecule has 0 saturated heterocycles. The molecule has 0 unspecified atom stereocenters. The summed E-state index contributed by atoms with van der Waals surface area (Å²) in [6.45, 7) is 3.77. The molecule has 1 aromatic rings. The van der Waals surface area contributed by atoms with Crippen LogP contribution in [0.2, 0.25) is 0 Å². The van der Waals surface area contributed by atoms with Gasteiger partial charge in [0.2, 0.25) is 5.90 Å². The first-order valence-electron chi connectivity index (χ1n) is 4.24. The molecule has 72 valence electrons. The molecule has 2 rings (SSSR count). The van der Waals surface area contributed by atoms with Gasteiger partial charge >= 0.3 is 5.97 Å². The van der Waals surface area contributed by atoms with Crippen LogP contribution in [0.1, 0.15) is 16.7 Å². The maximum Gasteiger partial charge on any atom is 0.363 e. The normalized spacial score (nSPS) is 18.6. The highest BCUT2D eigenvalue weighted by Crippen LogP contribution is 2.21. The van der Waals surface area contributed by atoms with Gasteiger partial charge in [-0.1, -0.05) is 6.08 Å². The third-order valence-corrected chi connectivity index (χ3v) is 2.83. The number of cyclic esters (lactones) is 1. The number of aryl methyl sites for hydroxylation is 1. The molecule has 0 atom stereocenters. The third kappa shape index (κ3) is 1.48. The van der Waals surface area contributed by atoms with Crippen molar-refractivity contribution in [3.63, 3.8) is 0 Å². The molecule has 0 N–H and O–H groups in total. The zero-order valence-electron chi connectivity index (χ0n) is 7.90. The summed E-state index contributed by atoms with van der Waals surface area (Å²) in [6, 6.07) is 3.88. The van der Waals surface area contributed by atoms with E-state index in [1.807, 2.05) is 19.1 Å². The molecule has 0 radical (unpaired) electrons. The molecular weight excluding hydrogens is 198 g/mol. The minimum Gasteiger partial charge on any atom is -0.401 e. The first kappa shape index (κ1) is 9.15. The van der Waals surface area contributed by atoms with Gasteiger partial charge in [-0.2, -0.15) is 0 Å². The van der Waals surface area contributed by atoms with Gasteiger partial charge < -0.3 is 4.74 Å². The van der Waals surface area contributed by atoms with E-state index in [0.29, 0.717) is 11.6 Å². The van der Waals surface area contributed by atoms with E-state index < -0.39 is 0 Å². The van der Waals surface area contributed by atoms with Gasteiger partial charge in [-0.15, -0.1) is 11.3 Å². The Bertz CT molecular complexity index is 443. The molecule has 0 amide bonds. The summed E-state index contributed by atoms with van der Waals surface area (Å²) in [6.07, 6.45) is 1.65. The molecule has 4 heteroatoms. The fourth-order valence-corrected chi connectivity index (χ4v) is 1.95. The average molecular weight is 207 g/mol. The summed E-state index contributed by atoms with van der Waals surface area (Å²) < 4.78 is 5.02. The van der Waals surface area contributed by atoms with Crippen molar-refractivity contribution in [2.24, 2.45) is 4.99 Å². The quantitative estimate of drug-likeness (QED) is 0.523. The molecule has 2 heterocycles. The highest BCUT2D eigenvalue weighted by atomic mass is 32.1. The zero-order valence-corrected chi connectivity index (χ0v) is 8.72. The van der Waals surface area contributed by atoms with Crippen LogP contribution < -0.4 is 0 Å². The van der Waals surface area contributed by atoms with Crippen molar-refractivity contribution >= 4 is 23.2 Å². The molecule has 0 bridgehead atoms. The van der Waals surface area contributed by atoms with Crippen LogP contribution in [0.5, 0.6) is 0 Å². The molecule has 0 aromatic carbocycles. The number of thiophene rings is 1. The van der Waals surface area contributed by atoms with E-state index >= 15 is 0 Å². The van der Waals surface area contributed by atoms with Gasteiger partial charge in [0.15, 0.2) is 0 Å². The standard InChI is InChI=1S/C10H9NO2S/c1-3-7-10(12)13-9(11-7)8-5-4-6(2)14-8/h3-5H,1-2H3/b7-3-. The van der Waals surface area contributed by atoms with Gasteiger partial charge in [0.05, 0.1) is 4.88 Å². The Morgan fingerprint density at radius 1 is 1.50 bits per heavy atom. The maximum absolute atomic E-state index is 11.2. The molecule has 1 aliphatic heterocycles. The Morgan fingerprint density at radius 2 is 2.29 bits per heavy atom. The minimum atomic E-state index is -0.367. The van der Waals surface area contributed by atoms with Crippen LogP contribution in [0, 0.1) is 6.92 Å². The molecule has 0 fully saturated rings. The monoisotopic (exact) mass is 207 g/mol. The number of allylic oxidation sites excluding steroid dienone is 1. The SMILES string of the molecule is C/C=C1\N=C(c2ccc(C)s2)OC1=O. The number of carbonyl (C=O) groups excluding carboxylic acids is 1. The first-order valence-corrected chi connectivity index (χ1v) is 5.06. The Balaban J connectivity index is 2.35. The van der Waals surface area contributed by atoms with Crippen molar-refractivity contribution < 1.29 is 9.53 Å². The molecule has 1 aromatic heterocycles. The van der Waals surface area contributed by atoms with E-state index in [4.69, 9.17) is 4.74 Å². The predicted octanol–water partition coefficient (Wildman–Crippen LogP) is 2.26. The molecular formula is C10H9NO2S. The van der Waals surface area contributed by atoms with Crippen molar-refractivity contribution in [3.8, 4) is 0 Å².